The van der Waals surface area contributed by atoms with E-state index >= 15 is 0 Å². The summed E-state index contributed by atoms with van der Waals surface area (Å²) >= 11 is 0. The summed E-state index contributed by atoms with van der Waals surface area (Å²) in [4.78, 5) is 16.7. The van der Waals surface area contributed by atoms with Gasteiger partial charge in [-0.3, -0.25) is 0 Å². The Morgan fingerprint density at radius 1 is 0.923 bits per heavy atom. The van der Waals surface area contributed by atoms with Crippen LogP contribution in [0.1, 0.15) is 18.1 Å². The van der Waals surface area contributed by atoms with Gasteiger partial charge in [0.15, 0.2) is 5.70 Å². The standard InChI is InChI=1S/C23H17NO2/c1-16(14-17-8-3-2-4-9-17)15-21-23(25)26-22(24-21)20-13-7-11-18-10-5-6-12-19(18)20/h2-15H,1H3. The number of rotatable bonds is 3. The van der Waals surface area contributed by atoms with E-state index in [9.17, 15) is 4.79 Å². The van der Waals surface area contributed by atoms with Crippen LogP contribution in [0, 0.1) is 0 Å². The first-order valence-corrected chi connectivity index (χ1v) is 8.45. The van der Waals surface area contributed by atoms with Crippen LogP contribution in [0.15, 0.2) is 95.1 Å². The SMILES string of the molecule is CC(=Cc1ccccc1)C=C1N=C(c2cccc3ccccc23)OC1=O. The molecule has 3 aromatic rings. The molecule has 0 unspecified atom stereocenters. The molecule has 0 aliphatic carbocycles. The van der Waals surface area contributed by atoms with E-state index in [1.165, 1.54) is 0 Å². The zero-order chi connectivity index (χ0) is 17.9. The van der Waals surface area contributed by atoms with E-state index in [0.29, 0.717) is 11.6 Å². The molecule has 126 valence electrons. The van der Waals surface area contributed by atoms with Gasteiger partial charge in [0.1, 0.15) is 0 Å². The summed E-state index contributed by atoms with van der Waals surface area (Å²) in [7, 11) is 0. The van der Waals surface area contributed by atoms with Gasteiger partial charge >= 0.3 is 5.97 Å². The van der Waals surface area contributed by atoms with Crippen LogP contribution in [0.2, 0.25) is 0 Å². The van der Waals surface area contributed by atoms with E-state index in [4.69, 9.17) is 4.74 Å². The molecule has 0 N–H and O–H groups in total. The minimum atomic E-state index is -0.422. The Bertz CT molecular complexity index is 1070. The quantitative estimate of drug-likeness (QED) is 0.490. The number of allylic oxidation sites excluding steroid dienone is 2. The Kier molecular flexibility index (Phi) is 4.20. The molecular formula is C23H17NO2. The first-order valence-electron chi connectivity index (χ1n) is 8.45. The zero-order valence-corrected chi connectivity index (χ0v) is 14.3. The highest BCUT2D eigenvalue weighted by molar-refractivity contribution is 6.16. The minimum Gasteiger partial charge on any atom is -0.402 e. The molecule has 1 heterocycles. The van der Waals surface area contributed by atoms with Gasteiger partial charge in [-0.1, -0.05) is 72.8 Å². The van der Waals surface area contributed by atoms with Crippen molar-refractivity contribution in [1.82, 2.24) is 0 Å². The van der Waals surface area contributed by atoms with Crippen LogP contribution in [-0.4, -0.2) is 11.9 Å². The second kappa shape index (κ2) is 6.81. The number of carbonyl (C=O) groups excluding carboxylic acids is 1. The van der Waals surface area contributed by atoms with Gasteiger partial charge < -0.3 is 4.74 Å². The number of hydrogen-bond acceptors (Lipinski definition) is 3. The molecule has 3 heteroatoms. The summed E-state index contributed by atoms with van der Waals surface area (Å²) in [6, 6.07) is 23.8. The van der Waals surface area contributed by atoms with Crippen molar-refractivity contribution in [3.63, 3.8) is 0 Å². The second-order valence-electron chi connectivity index (χ2n) is 6.16. The van der Waals surface area contributed by atoms with Crippen molar-refractivity contribution < 1.29 is 9.53 Å². The van der Waals surface area contributed by atoms with Crippen molar-refractivity contribution in [2.24, 2.45) is 4.99 Å². The molecule has 4 rings (SSSR count). The molecule has 0 fully saturated rings. The molecule has 1 aliphatic heterocycles. The van der Waals surface area contributed by atoms with E-state index in [-0.39, 0.29) is 0 Å². The van der Waals surface area contributed by atoms with E-state index in [0.717, 1.165) is 27.5 Å². The molecule has 0 bridgehead atoms. The smallest absolute Gasteiger partial charge is 0.363 e. The molecule has 3 aromatic carbocycles. The van der Waals surface area contributed by atoms with Gasteiger partial charge in [0, 0.05) is 5.56 Å². The number of cyclic esters (lactones) is 1. The fraction of sp³-hybridized carbons (Fsp3) is 0.0435. The summed E-state index contributed by atoms with van der Waals surface area (Å²) in [6.07, 6.45) is 3.76. The number of carbonyl (C=O) groups is 1. The number of esters is 1. The van der Waals surface area contributed by atoms with Crippen molar-refractivity contribution in [2.45, 2.75) is 6.92 Å². The predicted octanol–water partition coefficient (Wildman–Crippen LogP) is 5.13. The summed E-state index contributed by atoms with van der Waals surface area (Å²) in [5, 5.41) is 2.10. The van der Waals surface area contributed by atoms with Crippen LogP contribution in [0.3, 0.4) is 0 Å². The fourth-order valence-electron chi connectivity index (χ4n) is 3.01. The van der Waals surface area contributed by atoms with Gasteiger partial charge in [0.05, 0.1) is 0 Å². The maximum atomic E-state index is 12.2. The maximum absolute atomic E-state index is 12.2. The van der Waals surface area contributed by atoms with E-state index in [1.54, 1.807) is 6.08 Å². The minimum absolute atomic E-state index is 0.317. The molecule has 0 saturated carbocycles. The number of fused-ring (bicyclic) bond motifs is 1. The lowest BCUT2D eigenvalue weighted by atomic mass is 10.0. The average Bonchev–Trinajstić information content (AvgIpc) is 3.02. The third-order valence-corrected chi connectivity index (χ3v) is 4.20. The number of benzene rings is 3. The highest BCUT2D eigenvalue weighted by atomic mass is 16.6. The lowest BCUT2D eigenvalue weighted by molar-refractivity contribution is -0.130. The lowest BCUT2D eigenvalue weighted by Gasteiger charge is -2.04. The van der Waals surface area contributed by atoms with Gasteiger partial charge in [-0.25, -0.2) is 9.79 Å². The number of ether oxygens (including phenoxy) is 1. The largest absolute Gasteiger partial charge is 0.402 e. The molecule has 0 aromatic heterocycles. The molecule has 26 heavy (non-hydrogen) atoms. The Hall–Kier alpha value is -3.46. The highest BCUT2D eigenvalue weighted by Gasteiger charge is 2.25. The first kappa shape index (κ1) is 16.0. The molecule has 0 radical (unpaired) electrons. The molecule has 1 aliphatic rings. The van der Waals surface area contributed by atoms with Crippen LogP contribution in [0.4, 0.5) is 0 Å². The van der Waals surface area contributed by atoms with Gasteiger partial charge in [-0.2, -0.15) is 0 Å². The van der Waals surface area contributed by atoms with Gasteiger partial charge in [-0.15, -0.1) is 0 Å². The molecule has 0 amide bonds. The maximum Gasteiger partial charge on any atom is 0.363 e. The first-order chi connectivity index (χ1) is 12.7. The van der Waals surface area contributed by atoms with Gasteiger partial charge in [0.25, 0.3) is 0 Å². The molecular weight excluding hydrogens is 322 g/mol. The van der Waals surface area contributed by atoms with Crippen LogP contribution < -0.4 is 0 Å². The predicted molar refractivity (Wildman–Crippen MR) is 105 cm³/mol. The van der Waals surface area contributed by atoms with Crippen LogP contribution in [0.25, 0.3) is 16.8 Å². The lowest BCUT2D eigenvalue weighted by Crippen LogP contribution is -2.05. The Morgan fingerprint density at radius 2 is 1.65 bits per heavy atom. The van der Waals surface area contributed by atoms with Crippen LogP contribution in [0.5, 0.6) is 0 Å². The normalized spacial score (nSPS) is 16.0. The van der Waals surface area contributed by atoms with E-state index in [1.807, 2.05) is 85.8 Å². The van der Waals surface area contributed by atoms with E-state index < -0.39 is 5.97 Å². The highest BCUT2D eigenvalue weighted by Crippen LogP contribution is 2.24. The summed E-state index contributed by atoms with van der Waals surface area (Å²) in [5.41, 5.74) is 3.15. The number of aliphatic imine (C=N–C) groups is 1. The molecule has 0 atom stereocenters. The molecule has 0 spiro atoms. The van der Waals surface area contributed by atoms with Gasteiger partial charge in [0.2, 0.25) is 5.90 Å². The molecule has 3 nitrogen and oxygen atoms in total. The number of nitrogens with zero attached hydrogens (tertiary/aromatic N) is 1. The molecule has 0 saturated heterocycles. The van der Waals surface area contributed by atoms with Crippen molar-refractivity contribution in [1.29, 1.82) is 0 Å². The number of hydrogen-bond donors (Lipinski definition) is 0. The summed E-state index contributed by atoms with van der Waals surface area (Å²) < 4.78 is 5.43. The summed E-state index contributed by atoms with van der Waals surface area (Å²) in [5.74, 6) is -0.0701. The van der Waals surface area contributed by atoms with Crippen molar-refractivity contribution in [3.05, 3.63) is 101 Å². The monoisotopic (exact) mass is 339 g/mol. The van der Waals surface area contributed by atoms with E-state index in [2.05, 4.69) is 4.99 Å². The Morgan fingerprint density at radius 3 is 2.50 bits per heavy atom. The summed E-state index contributed by atoms with van der Waals surface area (Å²) in [6.45, 7) is 1.94. The second-order valence-corrected chi connectivity index (χ2v) is 6.16. The third kappa shape index (κ3) is 3.20. The Labute approximate surface area is 152 Å². The van der Waals surface area contributed by atoms with Crippen molar-refractivity contribution >= 4 is 28.7 Å². The third-order valence-electron chi connectivity index (χ3n) is 4.20. The van der Waals surface area contributed by atoms with Crippen LogP contribution in [-0.2, 0) is 9.53 Å². The van der Waals surface area contributed by atoms with Gasteiger partial charge in [-0.05, 0) is 41.0 Å². The van der Waals surface area contributed by atoms with Crippen LogP contribution >= 0.6 is 0 Å². The van der Waals surface area contributed by atoms with Crippen molar-refractivity contribution in [3.8, 4) is 0 Å². The Balaban J connectivity index is 1.70. The average molecular weight is 339 g/mol. The van der Waals surface area contributed by atoms with Crippen molar-refractivity contribution in [2.75, 3.05) is 0 Å². The fourth-order valence-corrected chi connectivity index (χ4v) is 3.01. The topological polar surface area (TPSA) is 38.7 Å². The zero-order valence-electron chi connectivity index (χ0n) is 14.3.